The maximum absolute atomic E-state index is 10.5. The Balaban J connectivity index is 1.92. The molecule has 2 heteroatoms. The Kier molecular flexibility index (Phi) is 5.90. The molecule has 0 radical (unpaired) electrons. The third kappa shape index (κ3) is 4.52. The highest BCUT2D eigenvalue weighted by molar-refractivity contribution is 5.35. The molecule has 1 N–H and O–H groups in total. The molecule has 0 bridgehead atoms. The van der Waals surface area contributed by atoms with E-state index < -0.39 is 6.10 Å². The SMILES string of the molecule is CC(C)Oc1ccccc1C(O)CCC1CCCCC1. The van der Waals surface area contributed by atoms with Crippen molar-refractivity contribution in [2.24, 2.45) is 5.92 Å². The average Bonchev–Trinajstić information content (AvgIpc) is 2.46. The van der Waals surface area contributed by atoms with Crippen molar-refractivity contribution in [2.45, 2.75) is 71.0 Å². The summed E-state index contributed by atoms with van der Waals surface area (Å²) in [4.78, 5) is 0. The van der Waals surface area contributed by atoms with Crippen molar-refractivity contribution >= 4 is 0 Å². The van der Waals surface area contributed by atoms with Gasteiger partial charge in [-0.25, -0.2) is 0 Å². The molecular weight excluding hydrogens is 248 g/mol. The van der Waals surface area contributed by atoms with Gasteiger partial charge in [0.15, 0.2) is 0 Å². The highest BCUT2D eigenvalue weighted by Gasteiger charge is 2.18. The van der Waals surface area contributed by atoms with Gasteiger partial charge in [-0.1, -0.05) is 50.3 Å². The Morgan fingerprint density at radius 1 is 1.15 bits per heavy atom. The fourth-order valence-corrected chi connectivity index (χ4v) is 3.14. The van der Waals surface area contributed by atoms with Crippen LogP contribution in [0.2, 0.25) is 0 Å². The molecule has 1 aromatic rings. The van der Waals surface area contributed by atoms with E-state index in [2.05, 4.69) is 0 Å². The molecule has 2 rings (SSSR count). The molecule has 0 heterocycles. The molecule has 1 atom stereocenters. The Labute approximate surface area is 123 Å². The largest absolute Gasteiger partial charge is 0.491 e. The first kappa shape index (κ1) is 15.4. The lowest BCUT2D eigenvalue weighted by atomic mass is 9.85. The van der Waals surface area contributed by atoms with Gasteiger partial charge in [0.2, 0.25) is 0 Å². The average molecular weight is 276 g/mol. The zero-order valence-electron chi connectivity index (χ0n) is 12.8. The number of rotatable bonds is 6. The Bertz CT molecular complexity index is 394. The van der Waals surface area contributed by atoms with Crippen LogP contribution in [0.4, 0.5) is 0 Å². The van der Waals surface area contributed by atoms with Gasteiger partial charge in [-0.05, 0) is 38.7 Å². The van der Waals surface area contributed by atoms with Gasteiger partial charge in [0.25, 0.3) is 0 Å². The van der Waals surface area contributed by atoms with Gasteiger partial charge in [0, 0.05) is 5.56 Å². The van der Waals surface area contributed by atoms with Crippen LogP contribution in [0.1, 0.15) is 70.5 Å². The second-order valence-electron chi connectivity index (χ2n) is 6.30. The van der Waals surface area contributed by atoms with E-state index in [0.29, 0.717) is 0 Å². The lowest BCUT2D eigenvalue weighted by Gasteiger charge is -2.23. The van der Waals surface area contributed by atoms with E-state index in [0.717, 1.165) is 30.1 Å². The van der Waals surface area contributed by atoms with Crippen LogP contribution >= 0.6 is 0 Å². The molecule has 20 heavy (non-hydrogen) atoms. The number of hydrogen-bond acceptors (Lipinski definition) is 2. The number of benzene rings is 1. The predicted octanol–water partition coefficient (Wildman–Crippen LogP) is 4.87. The number of aliphatic hydroxyl groups is 1. The molecule has 0 aromatic heterocycles. The van der Waals surface area contributed by atoms with Crippen molar-refractivity contribution in [3.8, 4) is 5.75 Å². The maximum Gasteiger partial charge on any atom is 0.125 e. The minimum atomic E-state index is -0.396. The third-order valence-electron chi connectivity index (χ3n) is 4.21. The van der Waals surface area contributed by atoms with Crippen molar-refractivity contribution in [3.05, 3.63) is 29.8 Å². The summed E-state index contributed by atoms with van der Waals surface area (Å²) >= 11 is 0. The maximum atomic E-state index is 10.5. The smallest absolute Gasteiger partial charge is 0.125 e. The molecular formula is C18H28O2. The van der Waals surface area contributed by atoms with Gasteiger partial charge in [-0.15, -0.1) is 0 Å². The van der Waals surface area contributed by atoms with Crippen LogP contribution in [0, 0.1) is 5.92 Å². The molecule has 1 saturated carbocycles. The molecule has 1 fully saturated rings. The summed E-state index contributed by atoms with van der Waals surface area (Å²) in [7, 11) is 0. The van der Waals surface area contributed by atoms with E-state index in [4.69, 9.17) is 4.74 Å². The van der Waals surface area contributed by atoms with Gasteiger partial charge < -0.3 is 9.84 Å². The normalized spacial score (nSPS) is 18.2. The molecule has 0 spiro atoms. The summed E-state index contributed by atoms with van der Waals surface area (Å²) < 4.78 is 5.80. The summed E-state index contributed by atoms with van der Waals surface area (Å²) in [5.74, 6) is 1.65. The molecule has 1 aromatic carbocycles. The molecule has 1 aliphatic rings. The zero-order chi connectivity index (χ0) is 14.4. The monoisotopic (exact) mass is 276 g/mol. The van der Waals surface area contributed by atoms with E-state index in [9.17, 15) is 5.11 Å². The summed E-state index contributed by atoms with van der Waals surface area (Å²) in [5, 5.41) is 10.5. The van der Waals surface area contributed by atoms with Gasteiger partial charge in [-0.2, -0.15) is 0 Å². The number of para-hydroxylation sites is 1. The lowest BCUT2D eigenvalue weighted by Crippen LogP contribution is -2.11. The fraction of sp³-hybridized carbons (Fsp3) is 0.667. The third-order valence-corrected chi connectivity index (χ3v) is 4.21. The fourth-order valence-electron chi connectivity index (χ4n) is 3.14. The molecule has 0 amide bonds. The van der Waals surface area contributed by atoms with E-state index >= 15 is 0 Å². The second kappa shape index (κ2) is 7.68. The summed E-state index contributed by atoms with van der Waals surface area (Å²) in [6.07, 6.45) is 8.55. The molecule has 1 unspecified atom stereocenters. The van der Waals surface area contributed by atoms with E-state index in [1.54, 1.807) is 0 Å². The standard InChI is InChI=1S/C18H28O2/c1-14(2)20-18-11-7-6-10-16(18)17(19)13-12-15-8-4-3-5-9-15/h6-7,10-11,14-15,17,19H,3-5,8-9,12-13H2,1-2H3. The first-order valence-electron chi connectivity index (χ1n) is 8.10. The van der Waals surface area contributed by atoms with Crippen molar-refractivity contribution in [3.63, 3.8) is 0 Å². The van der Waals surface area contributed by atoms with Crippen LogP contribution < -0.4 is 4.74 Å². The Morgan fingerprint density at radius 2 is 1.85 bits per heavy atom. The molecule has 112 valence electrons. The molecule has 0 aliphatic heterocycles. The molecule has 2 nitrogen and oxygen atoms in total. The van der Waals surface area contributed by atoms with E-state index in [1.807, 2.05) is 38.1 Å². The van der Waals surface area contributed by atoms with Crippen LogP contribution in [-0.2, 0) is 0 Å². The van der Waals surface area contributed by atoms with Crippen LogP contribution in [0.25, 0.3) is 0 Å². The van der Waals surface area contributed by atoms with Crippen molar-refractivity contribution in [1.82, 2.24) is 0 Å². The minimum Gasteiger partial charge on any atom is -0.491 e. The van der Waals surface area contributed by atoms with Crippen molar-refractivity contribution < 1.29 is 9.84 Å². The first-order chi connectivity index (χ1) is 9.66. The van der Waals surface area contributed by atoms with Gasteiger partial charge in [0.05, 0.1) is 12.2 Å². The zero-order valence-corrected chi connectivity index (χ0v) is 12.8. The predicted molar refractivity (Wildman–Crippen MR) is 83.0 cm³/mol. The van der Waals surface area contributed by atoms with E-state index in [1.165, 1.54) is 32.1 Å². The second-order valence-corrected chi connectivity index (χ2v) is 6.30. The highest BCUT2D eigenvalue weighted by atomic mass is 16.5. The Hall–Kier alpha value is -1.02. The highest BCUT2D eigenvalue weighted by Crippen LogP contribution is 2.33. The van der Waals surface area contributed by atoms with Gasteiger partial charge in [0.1, 0.15) is 5.75 Å². The van der Waals surface area contributed by atoms with Crippen LogP contribution in [0.15, 0.2) is 24.3 Å². The van der Waals surface area contributed by atoms with Crippen molar-refractivity contribution in [2.75, 3.05) is 0 Å². The van der Waals surface area contributed by atoms with Crippen LogP contribution in [-0.4, -0.2) is 11.2 Å². The molecule has 0 saturated heterocycles. The number of aliphatic hydroxyl groups excluding tert-OH is 1. The summed E-state index contributed by atoms with van der Waals surface area (Å²) in [6.45, 7) is 4.04. The first-order valence-corrected chi connectivity index (χ1v) is 8.10. The minimum absolute atomic E-state index is 0.140. The lowest BCUT2D eigenvalue weighted by molar-refractivity contribution is 0.143. The number of ether oxygens (including phenoxy) is 1. The Morgan fingerprint density at radius 3 is 2.55 bits per heavy atom. The van der Waals surface area contributed by atoms with Gasteiger partial charge >= 0.3 is 0 Å². The quantitative estimate of drug-likeness (QED) is 0.803. The van der Waals surface area contributed by atoms with Crippen molar-refractivity contribution in [1.29, 1.82) is 0 Å². The summed E-state index contributed by atoms with van der Waals surface area (Å²) in [5.41, 5.74) is 0.942. The molecule has 1 aliphatic carbocycles. The number of hydrogen-bond donors (Lipinski definition) is 1. The summed E-state index contributed by atoms with van der Waals surface area (Å²) in [6, 6.07) is 7.89. The van der Waals surface area contributed by atoms with Gasteiger partial charge in [-0.3, -0.25) is 0 Å². The topological polar surface area (TPSA) is 29.5 Å². The van der Waals surface area contributed by atoms with Crippen LogP contribution in [0.3, 0.4) is 0 Å². The van der Waals surface area contributed by atoms with Crippen LogP contribution in [0.5, 0.6) is 5.75 Å². The van der Waals surface area contributed by atoms with E-state index in [-0.39, 0.29) is 6.10 Å².